The maximum absolute atomic E-state index is 6.24. The predicted molar refractivity (Wildman–Crippen MR) is 206 cm³/mol. The van der Waals surface area contributed by atoms with Crippen molar-refractivity contribution in [3.63, 3.8) is 0 Å². The molecule has 0 aliphatic heterocycles. The van der Waals surface area contributed by atoms with Crippen molar-refractivity contribution >= 4 is 30.2 Å². The molecule has 3 N–H and O–H groups in total. The van der Waals surface area contributed by atoms with Crippen LogP contribution in [0.3, 0.4) is 0 Å². The Balaban J connectivity index is 1.08. The van der Waals surface area contributed by atoms with Gasteiger partial charge in [-0.1, -0.05) is 152 Å². The molecule has 0 aromatic heterocycles. The van der Waals surface area contributed by atoms with Crippen molar-refractivity contribution in [1.82, 2.24) is 0 Å². The van der Waals surface area contributed by atoms with Crippen molar-refractivity contribution in [1.29, 1.82) is 0 Å². The van der Waals surface area contributed by atoms with E-state index in [1.165, 1.54) is 0 Å². The van der Waals surface area contributed by atoms with Crippen molar-refractivity contribution in [3.8, 4) is 44.5 Å². The molecule has 48 heavy (non-hydrogen) atoms. The number of nitrogens with zero attached hydrogens (tertiary/aromatic N) is 1. The van der Waals surface area contributed by atoms with Crippen LogP contribution < -0.4 is 11.1 Å². The molecular weight excluding hydrogens is 603 g/mol. The molecule has 0 heterocycles. The van der Waals surface area contributed by atoms with Crippen LogP contribution >= 0.6 is 12.6 Å². The molecule has 0 fully saturated rings. The Labute approximate surface area is 287 Å². The molecule has 0 radical (unpaired) electrons. The van der Waals surface area contributed by atoms with E-state index in [1.807, 2.05) is 54.7 Å². The van der Waals surface area contributed by atoms with Crippen LogP contribution in [0.15, 0.2) is 186 Å². The van der Waals surface area contributed by atoms with Gasteiger partial charge in [-0.2, -0.15) is 0 Å². The largest absolute Gasteiger partial charge is 0.355 e. The Hall–Kier alpha value is -5.68. The summed E-state index contributed by atoms with van der Waals surface area (Å²) in [6.45, 7) is 0. The number of para-hydroxylation sites is 1. The maximum Gasteiger partial charge on any atom is 0.123 e. The van der Waals surface area contributed by atoms with Crippen molar-refractivity contribution in [2.75, 3.05) is 5.32 Å². The Bertz CT molecular complexity index is 2160. The average molecular weight is 638 g/mol. The van der Waals surface area contributed by atoms with Crippen LogP contribution in [-0.4, -0.2) is 6.21 Å². The average Bonchev–Trinajstić information content (AvgIpc) is 3.15. The van der Waals surface area contributed by atoms with Crippen LogP contribution in [-0.2, 0) is 0 Å². The van der Waals surface area contributed by atoms with Crippen LogP contribution in [0, 0.1) is 0 Å². The molecule has 0 aliphatic rings. The first-order valence-corrected chi connectivity index (χ1v) is 16.5. The van der Waals surface area contributed by atoms with Gasteiger partial charge in [0.25, 0.3) is 0 Å². The van der Waals surface area contributed by atoms with E-state index in [2.05, 4.69) is 138 Å². The SMILES string of the molecule is NC(/N=C/c1ccc(Nc2ccccc2-c2ccc(-c3cccc(-c4cccc(-c5ccccc5)c4S)c3)cc2)cc1)c1ccccc1. The third-order valence-corrected chi connectivity index (χ3v) is 8.95. The summed E-state index contributed by atoms with van der Waals surface area (Å²) >= 11 is 4.97. The first kappa shape index (κ1) is 30.9. The highest BCUT2D eigenvalue weighted by Crippen LogP contribution is 2.37. The highest BCUT2D eigenvalue weighted by Gasteiger charge is 2.11. The molecule has 0 saturated carbocycles. The highest BCUT2D eigenvalue weighted by molar-refractivity contribution is 7.80. The lowest BCUT2D eigenvalue weighted by Crippen LogP contribution is -2.07. The van der Waals surface area contributed by atoms with Crippen molar-refractivity contribution in [3.05, 3.63) is 187 Å². The Morgan fingerprint density at radius 3 is 1.79 bits per heavy atom. The van der Waals surface area contributed by atoms with Crippen LogP contribution in [0.25, 0.3) is 44.5 Å². The molecule has 1 atom stereocenters. The Kier molecular flexibility index (Phi) is 9.28. The Morgan fingerprint density at radius 2 is 1.04 bits per heavy atom. The van der Waals surface area contributed by atoms with Gasteiger partial charge in [-0.3, -0.25) is 4.99 Å². The lowest BCUT2D eigenvalue weighted by atomic mass is 9.95. The third kappa shape index (κ3) is 7.01. The molecule has 0 aliphatic carbocycles. The summed E-state index contributed by atoms with van der Waals surface area (Å²) in [6.07, 6.45) is 1.44. The van der Waals surface area contributed by atoms with E-state index in [0.717, 1.165) is 71.9 Å². The van der Waals surface area contributed by atoms with E-state index in [4.69, 9.17) is 18.4 Å². The molecule has 7 rings (SSSR count). The van der Waals surface area contributed by atoms with Gasteiger partial charge < -0.3 is 11.1 Å². The van der Waals surface area contributed by atoms with Crippen molar-refractivity contribution in [2.24, 2.45) is 10.7 Å². The summed E-state index contributed by atoms with van der Waals surface area (Å²) in [6, 6.07) is 60.8. The second kappa shape index (κ2) is 14.4. The standard InChI is InChI=1S/C44H35N3S/c45-44(35-13-5-2-6-14-35)46-30-31-21-27-38(28-22-31)47-42-20-8-7-17-39(42)34-25-23-32(24-26-34)36-15-9-16-37(29-36)41-19-10-18-40(43(41)48)33-11-3-1-4-12-33/h1-30,44,47-48H,45H2/b46-30+. The Morgan fingerprint density at radius 1 is 0.500 bits per heavy atom. The van der Waals surface area contributed by atoms with E-state index < -0.39 is 0 Å². The lowest BCUT2D eigenvalue weighted by Gasteiger charge is -2.14. The maximum atomic E-state index is 6.24. The fourth-order valence-corrected chi connectivity index (χ4v) is 6.30. The topological polar surface area (TPSA) is 50.4 Å². The van der Waals surface area contributed by atoms with Crippen molar-refractivity contribution in [2.45, 2.75) is 11.1 Å². The summed E-state index contributed by atoms with van der Waals surface area (Å²) < 4.78 is 0. The number of rotatable bonds is 9. The fraction of sp³-hybridized carbons (Fsp3) is 0.0227. The molecule has 0 spiro atoms. The third-order valence-electron chi connectivity index (χ3n) is 8.47. The van der Waals surface area contributed by atoms with Crippen LogP contribution in [0.1, 0.15) is 17.3 Å². The van der Waals surface area contributed by atoms with E-state index in [9.17, 15) is 0 Å². The van der Waals surface area contributed by atoms with E-state index in [0.29, 0.717) is 0 Å². The zero-order valence-electron chi connectivity index (χ0n) is 26.4. The van der Waals surface area contributed by atoms with Gasteiger partial charge in [0.15, 0.2) is 0 Å². The summed E-state index contributed by atoms with van der Waals surface area (Å²) in [5.74, 6) is 0. The van der Waals surface area contributed by atoms with Gasteiger partial charge in [0.05, 0.1) is 0 Å². The molecule has 4 heteroatoms. The van der Waals surface area contributed by atoms with Crippen molar-refractivity contribution < 1.29 is 0 Å². The number of aliphatic imine (C=N–C) groups is 1. The molecule has 232 valence electrons. The van der Waals surface area contributed by atoms with E-state index in [1.54, 1.807) is 0 Å². The minimum Gasteiger partial charge on any atom is -0.355 e. The van der Waals surface area contributed by atoms with Crippen LogP contribution in [0.2, 0.25) is 0 Å². The quantitative estimate of drug-likeness (QED) is 0.109. The second-order valence-electron chi connectivity index (χ2n) is 11.7. The number of thiol groups is 1. The number of hydrogen-bond acceptors (Lipinski definition) is 4. The van der Waals surface area contributed by atoms with E-state index >= 15 is 0 Å². The lowest BCUT2D eigenvalue weighted by molar-refractivity contribution is 0.780. The number of nitrogens with one attached hydrogen (secondary N) is 1. The molecule has 0 bridgehead atoms. The number of anilines is 2. The fourth-order valence-electron chi connectivity index (χ4n) is 5.89. The van der Waals surface area contributed by atoms with Gasteiger partial charge in [0.2, 0.25) is 0 Å². The molecule has 3 nitrogen and oxygen atoms in total. The predicted octanol–water partition coefficient (Wildman–Crippen LogP) is 11.5. The first-order valence-electron chi connectivity index (χ1n) is 16.0. The first-order chi connectivity index (χ1) is 23.6. The highest BCUT2D eigenvalue weighted by atomic mass is 32.1. The molecule has 7 aromatic carbocycles. The zero-order chi connectivity index (χ0) is 32.7. The molecule has 0 saturated heterocycles. The summed E-state index contributed by atoms with van der Waals surface area (Å²) in [4.78, 5) is 5.51. The molecule has 1 unspecified atom stereocenters. The van der Waals surface area contributed by atoms with E-state index in [-0.39, 0.29) is 6.17 Å². The van der Waals surface area contributed by atoms with Crippen LogP contribution in [0.4, 0.5) is 11.4 Å². The smallest absolute Gasteiger partial charge is 0.123 e. The van der Waals surface area contributed by atoms with Gasteiger partial charge in [-0.05, 0) is 74.3 Å². The minimum absolute atomic E-state index is 0.385. The monoisotopic (exact) mass is 637 g/mol. The summed E-state index contributed by atoms with van der Waals surface area (Å²) in [7, 11) is 0. The van der Waals surface area contributed by atoms with Crippen LogP contribution in [0.5, 0.6) is 0 Å². The van der Waals surface area contributed by atoms with Gasteiger partial charge in [0, 0.05) is 28.0 Å². The van der Waals surface area contributed by atoms with Gasteiger partial charge in [-0.15, -0.1) is 12.6 Å². The molecule has 7 aromatic rings. The second-order valence-corrected chi connectivity index (χ2v) is 12.1. The minimum atomic E-state index is -0.385. The van der Waals surface area contributed by atoms with Gasteiger partial charge in [0.1, 0.15) is 6.17 Å². The molecule has 0 amide bonds. The van der Waals surface area contributed by atoms with Gasteiger partial charge >= 0.3 is 0 Å². The number of hydrogen-bond donors (Lipinski definition) is 3. The number of benzene rings is 7. The normalized spacial score (nSPS) is 11.8. The number of nitrogens with two attached hydrogens (primary N) is 1. The molecular formula is C44H35N3S. The summed E-state index contributed by atoms with van der Waals surface area (Å²) in [5, 5.41) is 3.61. The van der Waals surface area contributed by atoms with Gasteiger partial charge in [-0.25, -0.2) is 0 Å². The summed E-state index contributed by atoms with van der Waals surface area (Å²) in [5.41, 5.74) is 19.4. The zero-order valence-corrected chi connectivity index (χ0v) is 27.3.